The van der Waals surface area contributed by atoms with Crippen molar-refractivity contribution >= 4 is 45.8 Å². The summed E-state index contributed by atoms with van der Waals surface area (Å²) in [6, 6.07) is 15.2. The van der Waals surface area contributed by atoms with Crippen LogP contribution in [-0.4, -0.2) is 28.2 Å². The van der Waals surface area contributed by atoms with Gasteiger partial charge in [-0.1, -0.05) is 35.9 Å². The summed E-state index contributed by atoms with van der Waals surface area (Å²) in [6.07, 6.45) is 0.759. The molecule has 0 saturated heterocycles. The lowest BCUT2D eigenvalue weighted by molar-refractivity contribution is -0.116. The van der Waals surface area contributed by atoms with Gasteiger partial charge in [-0.2, -0.15) is 0 Å². The largest absolute Gasteiger partial charge is 0.310 e. The van der Waals surface area contributed by atoms with Gasteiger partial charge in [0.25, 0.3) is 0 Å². The number of benzene rings is 2. The Labute approximate surface area is 153 Å². The van der Waals surface area contributed by atoms with Crippen molar-refractivity contribution in [3.05, 3.63) is 59.1 Å². The minimum absolute atomic E-state index is 0.0697. The van der Waals surface area contributed by atoms with Gasteiger partial charge >= 0.3 is 0 Å². The van der Waals surface area contributed by atoms with Crippen LogP contribution in [0.5, 0.6) is 0 Å². The number of rotatable bonds is 4. The number of carbonyl (C=O) groups excluding carboxylic acids is 1. The van der Waals surface area contributed by atoms with E-state index in [1.165, 1.54) is 0 Å². The zero-order chi connectivity index (χ0) is 16.9. The summed E-state index contributed by atoms with van der Waals surface area (Å²) in [6.45, 7) is 0.628. The topological polar surface area (TPSA) is 37.4 Å². The van der Waals surface area contributed by atoms with E-state index in [2.05, 4.69) is 0 Å². The molecule has 1 aliphatic heterocycles. The highest BCUT2D eigenvalue weighted by Gasteiger charge is 2.23. The average Bonchev–Trinajstić information content (AvgIpc) is 2.76. The lowest BCUT2D eigenvalue weighted by atomic mass is 10.2. The second-order valence-corrected chi connectivity index (χ2v) is 8.50. The predicted octanol–water partition coefficient (Wildman–Crippen LogP) is 4.12. The monoisotopic (exact) mass is 379 g/mol. The Morgan fingerprint density at radius 2 is 1.92 bits per heavy atom. The van der Waals surface area contributed by atoms with Crippen LogP contribution in [0.15, 0.2) is 53.4 Å². The number of fused-ring (bicyclic) bond motifs is 1. The van der Waals surface area contributed by atoms with Crippen LogP contribution in [0.2, 0.25) is 5.02 Å². The van der Waals surface area contributed by atoms with Crippen molar-refractivity contribution in [2.75, 3.05) is 23.0 Å². The lowest BCUT2D eigenvalue weighted by Crippen LogP contribution is -2.33. The summed E-state index contributed by atoms with van der Waals surface area (Å²) in [4.78, 5) is 15.2. The molecule has 0 bridgehead atoms. The third-order valence-electron chi connectivity index (χ3n) is 3.82. The first-order chi connectivity index (χ1) is 11.6. The molecular formula is C18H18ClNO2S2. The molecule has 1 heterocycles. The van der Waals surface area contributed by atoms with Gasteiger partial charge in [-0.05, 0) is 36.2 Å². The molecule has 0 radical (unpaired) electrons. The molecule has 24 heavy (non-hydrogen) atoms. The van der Waals surface area contributed by atoms with Crippen molar-refractivity contribution in [3.8, 4) is 0 Å². The van der Waals surface area contributed by atoms with Crippen LogP contribution in [-0.2, 0) is 21.3 Å². The lowest BCUT2D eigenvalue weighted by Gasteiger charge is -2.22. The third-order valence-corrected chi connectivity index (χ3v) is 6.56. The molecule has 1 unspecified atom stereocenters. The van der Waals surface area contributed by atoms with Crippen LogP contribution in [0.3, 0.4) is 0 Å². The van der Waals surface area contributed by atoms with Gasteiger partial charge in [-0.15, -0.1) is 11.8 Å². The van der Waals surface area contributed by atoms with E-state index in [-0.39, 0.29) is 5.91 Å². The van der Waals surface area contributed by atoms with E-state index in [1.54, 1.807) is 16.7 Å². The van der Waals surface area contributed by atoms with Crippen LogP contribution in [0, 0.1) is 0 Å². The molecule has 0 aliphatic carbocycles. The summed E-state index contributed by atoms with van der Waals surface area (Å²) in [5, 5.41) is 0.717. The Bertz CT molecular complexity index is 749. The molecule has 3 rings (SSSR count). The molecule has 0 fully saturated rings. The van der Waals surface area contributed by atoms with Crippen LogP contribution >= 0.6 is 23.4 Å². The number of thioether (sulfide) groups is 1. The Balaban J connectivity index is 1.65. The first kappa shape index (κ1) is 17.5. The van der Waals surface area contributed by atoms with Crippen molar-refractivity contribution < 1.29 is 9.00 Å². The summed E-state index contributed by atoms with van der Waals surface area (Å²) in [5.41, 5.74) is 1.94. The van der Waals surface area contributed by atoms with Crippen LogP contribution in [0.4, 0.5) is 5.69 Å². The SMILES string of the molecule is O=C(CSCc1ccc(Cl)cc1)N1CCCS(=O)c2ccccc21. The van der Waals surface area contributed by atoms with E-state index in [9.17, 15) is 9.00 Å². The minimum Gasteiger partial charge on any atom is -0.310 e. The van der Waals surface area contributed by atoms with E-state index in [4.69, 9.17) is 11.6 Å². The maximum absolute atomic E-state index is 12.6. The molecule has 1 aliphatic rings. The average molecular weight is 380 g/mol. The minimum atomic E-state index is -1.02. The number of halogens is 1. The maximum atomic E-state index is 12.6. The summed E-state index contributed by atoms with van der Waals surface area (Å²) in [5.74, 6) is 1.85. The smallest absolute Gasteiger partial charge is 0.237 e. The standard InChI is InChI=1S/C18H18ClNO2S2/c19-15-8-6-14(7-9-15)12-23-13-18(21)20-10-3-11-24(22)17-5-2-1-4-16(17)20/h1-2,4-9H,3,10-13H2. The summed E-state index contributed by atoms with van der Waals surface area (Å²) < 4.78 is 12.3. The van der Waals surface area contributed by atoms with Crippen LogP contribution < -0.4 is 4.90 Å². The summed E-state index contributed by atoms with van der Waals surface area (Å²) in [7, 11) is -1.02. The Kier molecular flexibility index (Phi) is 5.98. The molecule has 126 valence electrons. The Morgan fingerprint density at radius 1 is 1.17 bits per heavy atom. The van der Waals surface area contributed by atoms with Crippen molar-refractivity contribution in [1.29, 1.82) is 0 Å². The molecule has 2 aromatic carbocycles. The van der Waals surface area contributed by atoms with Gasteiger partial charge < -0.3 is 4.90 Å². The fourth-order valence-corrected chi connectivity index (χ4v) is 4.87. The molecule has 1 atom stereocenters. The molecule has 0 aromatic heterocycles. The zero-order valence-corrected chi connectivity index (χ0v) is 15.5. The molecule has 0 N–H and O–H groups in total. The van der Waals surface area contributed by atoms with Gasteiger partial charge in [0.1, 0.15) is 0 Å². The normalized spacial score (nSPS) is 17.2. The predicted molar refractivity (Wildman–Crippen MR) is 102 cm³/mol. The first-order valence-corrected chi connectivity index (χ1v) is 10.6. The molecule has 2 aromatic rings. The van der Waals surface area contributed by atoms with Crippen molar-refractivity contribution in [3.63, 3.8) is 0 Å². The number of para-hydroxylation sites is 1. The number of hydrogen-bond donors (Lipinski definition) is 0. The van der Waals surface area contributed by atoms with E-state index in [1.807, 2.05) is 48.5 Å². The van der Waals surface area contributed by atoms with Gasteiger partial charge in [-0.3, -0.25) is 9.00 Å². The zero-order valence-electron chi connectivity index (χ0n) is 13.1. The summed E-state index contributed by atoms with van der Waals surface area (Å²) >= 11 is 7.47. The van der Waals surface area contributed by atoms with Gasteiger partial charge in [0.15, 0.2) is 0 Å². The Morgan fingerprint density at radius 3 is 2.71 bits per heavy atom. The number of amides is 1. The maximum Gasteiger partial charge on any atom is 0.237 e. The second kappa shape index (κ2) is 8.19. The number of anilines is 1. The van der Waals surface area contributed by atoms with Crippen molar-refractivity contribution in [2.24, 2.45) is 0 Å². The Hall–Kier alpha value is -1.30. The number of hydrogen-bond acceptors (Lipinski definition) is 3. The van der Waals surface area contributed by atoms with E-state index in [0.717, 1.165) is 28.3 Å². The fraction of sp³-hybridized carbons (Fsp3) is 0.278. The number of nitrogens with zero attached hydrogens (tertiary/aromatic N) is 1. The molecule has 1 amide bonds. The molecule has 3 nitrogen and oxygen atoms in total. The molecule has 6 heteroatoms. The van der Waals surface area contributed by atoms with E-state index >= 15 is 0 Å². The van der Waals surface area contributed by atoms with Gasteiger partial charge in [-0.25, -0.2) is 0 Å². The van der Waals surface area contributed by atoms with Crippen LogP contribution in [0.1, 0.15) is 12.0 Å². The first-order valence-electron chi connectivity index (χ1n) is 7.75. The quantitative estimate of drug-likeness (QED) is 0.801. The van der Waals surface area contributed by atoms with E-state index in [0.29, 0.717) is 23.1 Å². The fourth-order valence-electron chi connectivity index (χ4n) is 2.63. The number of carbonyl (C=O) groups is 1. The second-order valence-electron chi connectivity index (χ2n) is 5.54. The highest BCUT2D eigenvalue weighted by molar-refractivity contribution is 7.99. The van der Waals surface area contributed by atoms with Gasteiger partial charge in [0, 0.05) is 23.1 Å². The van der Waals surface area contributed by atoms with Gasteiger partial charge in [0.2, 0.25) is 5.91 Å². The van der Waals surface area contributed by atoms with Crippen LogP contribution in [0.25, 0.3) is 0 Å². The van der Waals surface area contributed by atoms with Gasteiger partial charge in [0.05, 0.1) is 27.1 Å². The van der Waals surface area contributed by atoms with Crippen molar-refractivity contribution in [2.45, 2.75) is 17.1 Å². The highest BCUT2D eigenvalue weighted by atomic mass is 35.5. The third kappa shape index (κ3) is 4.21. The molecule has 0 spiro atoms. The highest BCUT2D eigenvalue weighted by Crippen LogP contribution is 2.28. The van der Waals surface area contributed by atoms with E-state index < -0.39 is 10.8 Å². The molecule has 0 saturated carbocycles. The molecular weight excluding hydrogens is 362 g/mol. The van der Waals surface area contributed by atoms with Crippen molar-refractivity contribution in [1.82, 2.24) is 0 Å².